The number of halogens is 1. The zero-order valence-electron chi connectivity index (χ0n) is 13.2. The van der Waals surface area contributed by atoms with Crippen LogP contribution >= 0.6 is 11.6 Å². The Bertz CT molecular complexity index is 982. The van der Waals surface area contributed by atoms with Gasteiger partial charge < -0.3 is 10.6 Å². The van der Waals surface area contributed by atoms with Gasteiger partial charge in [0.05, 0.1) is 23.8 Å². The largest absolute Gasteiger partial charge is 0.378 e. The van der Waals surface area contributed by atoms with Gasteiger partial charge in [-0.15, -0.1) is 0 Å². The molecule has 0 aliphatic carbocycles. The SMILES string of the molecule is Clc1ccc(Nc2nccc3cc(CNc4cn[nH]c4)ccc23)cn1. The van der Waals surface area contributed by atoms with Crippen molar-refractivity contribution in [2.75, 3.05) is 10.6 Å². The Kier molecular flexibility index (Phi) is 4.18. The first-order chi connectivity index (χ1) is 12.3. The summed E-state index contributed by atoms with van der Waals surface area (Å²) in [5, 5.41) is 15.9. The van der Waals surface area contributed by atoms with E-state index in [0.717, 1.165) is 34.5 Å². The van der Waals surface area contributed by atoms with E-state index in [2.05, 4.69) is 49.0 Å². The van der Waals surface area contributed by atoms with Crippen molar-refractivity contribution in [3.63, 3.8) is 0 Å². The summed E-state index contributed by atoms with van der Waals surface area (Å²) in [6.07, 6.45) is 7.06. The van der Waals surface area contributed by atoms with E-state index >= 15 is 0 Å². The third kappa shape index (κ3) is 3.54. The van der Waals surface area contributed by atoms with Crippen LogP contribution in [0.15, 0.2) is 61.2 Å². The highest BCUT2D eigenvalue weighted by atomic mass is 35.5. The topological polar surface area (TPSA) is 78.5 Å². The molecular formula is C18H15ClN6. The number of nitrogens with one attached hydrogen (secondary N) is 3. The Balaban J connectivity index is 1.57. The Morgan fingerprint density at radius 1 is 1.00 bits per heavy atom. The minimum absolute atomic E-state index is 0.464. The van der Waals surface area contributed by atoms with Crippen LogP contribution in [0.4, 0.5) is 17.2 Å². The maximum Gasteiger partial charge on any atom is 0.138 e. The molecule has 6 nitrogen and oxygen atoms in total. The summed E-state index contributed by atoms with van der Waals surface area (Å²) in [6, 6.07) is 11.9. The first-order valence-corrected chi connectivity index (χ1v) is 8.14. The lowest BCUT2D eigenvalue weighted by Crippen LogP contribution is -1.99. The number of H-pyrrole nitrogens is 1. The van der Waals surface area contributed by atoms with Gasteiger partial charge in [0.25, 0.3) is 0 Å². The van der Waals surface area contributed by atoms with Crippen LogP contribution in [0.25, 0.3) is 10.8 Å². The summed E-state index contributed by atoms with van der Waals surface area (Å²) < 4.78 is 0. The molecule has 3 heterocycles. The van der Waals surface area contributed by atoms with E-state index in [1.165, 1.54) is 5.56 Å². The summed E-state index contributed by atoms with van der Waals surface area (Å²) in [6.45, 7) is 0.724. The smallest absolute Gasteiger partial charge is 0.138 e. The summed E-state index contributed by atoms with van der Waals surface area (Å²) in [5.74, 6) is 0.788. The minimum atomic E-state index is 0.464. The second-order valence-corrected chi connectivity index (χ2v) is 5.94. The summed E-state index contributed by atoms with van der Waals surface area (Å²) in [4.78, 5) is 8.52. The molecule has 0 saturated heterocycles. The van der Waals surface area contributed by atoms with Crippen LogP contribution in [0.1, 0.15) is 5.56 Å². The average Bonchev–Trinajstić information content (AvgIpc) is 3.15. The molecule has 25 heavy (non-hydrogen) atoms. The number of hydrogen-bond donors (Lipinski definition) is 3. The number of fused-ring (bicyclic) bond motifs is 1. The monoisotopic (exact) mass is 350 g/mol. The summed E-state index contributed by atoms with van der Waals surface area (Å²) in [5.41, 5.74) is 2.99. The molecule has 0 fully saturated rings. The van der Waals surface area contributed by atoms with Crippen LogP contribution in [0.2, 0.25) is 5.15 Å². The molecule has 0 atom stereocenters. The normalized spacial score (nSPS) is 10.8. The molecule has 0 aliphatic heterocycles. The number of rotatable bonds is 5. The fraction of sp³-hybridized carbons (Fsp3) is 0.0556. The minimum Gasteiger partial charge on any atom is -0.378 e. The van der Waals surface area contributed by atoms with E-state index in [1.54, 1.807) is 24.7 Å². The van der Waals surface area contributed by atoms with Crippen LogP contribution in [0, 0.1) is 0 Å². The number of aromatic amines is 1. The molecule has 3 aromatic heterocycles. The summed E-state index contributed by atoms with van der Waals surface area (Å²) in [7, 11) is 0. The number of hydrogen-bond acceptors (Lipinski definition) is 5. The van der Waals surface area contributed by atoms with Crippen molar-refractivity contribution < 1.29 is 0 Å². The van der Waals surface area contributed by atoms with Gasteiger partial charge in [-0.1, -0.05) is 23.7 Å². The molecule has 0 amide bonds. The molecule has 0 aliphatic rings. The fourth-order valence-corrected chi connectivity index (χ4v) is 2.69. The van der Waals surface area contributed by atoms with E-state index in [4.69, 9.17) is 11.6 Å². The maximum atomic E-state index is 5.83. The number of anilines is 3. The Hall–Kier alpha value is -3.12. The van der Waals surface area contributed by atoms with Crippen molar-refractivity contribution >= 4 is 39.6 Å². The van der Waals surface area contributed by atoms with Crippen molar-refractivity contribution in [1.29, 1.82) is 0 Å². The van der Waals surface area contributed by atoms with Crippen molar-refractivity contribution in [2.24, 2.45) is 0 Å². The van der Waals surface area contributed by atoms with Gasteiger partial charge in [0.2, 0.25) is 0 Å². The van der Waals surface area contributed by atoms with Gasteiger partial charge in [0.15, 0.2) is 0 Å². The lowest BCUT2D eigenvalue weighted by molar-refractivity contribution is 1.09. The van der Waals surface area contributed by atoms with E-state index < -0.39 is 0 Å². The second kappa shape index (κ2) is 6.78. The van der Waals surface area contributed by atoms with Gasteiger partial charge >= 0.3 is 0 Å². The maximum absolute atomic E-state index is 5.83. The van der Waals surface area contributed by atoms with Gasteiger partial charge in [-0.2, -0.15) is 5.10 Å². The Morgan fingerprint density at radius 2 is 1.96 bits per heavy atom. The Morgan fingerprint density at radius 3 is 2.76 bits per heavy atom. The molecule has 0 spiro atoms. The van der Waals surface area contributed by atoms with Crippen LogP contribution in [-0.2, 0) is 6.54 Å². The van der Waals surface area contributed by atoms with E-state index in [-0.39, 0.29) is 0 Å². The number of nitrogens with zero attached hydrogens (tertiary/aromatic N) is 3. The van der Waals surface area contributed by atoms with Crippen molar-refractivity contribution in [3.8, 4) is 0 Å². The van der Waals surface area contributed by atoms with E-state index in [1.807, 2.05) is 18.3 Å². The highest BCUT2D eigenvalue weighted by Crippen LogP contribution is 2.25. The molecule has 0 saturated carbocycles. The molecule has 7 heteroatoms. The number of benzene rings is 1. The predicted molar refractivity (Wildman–Crippen MR) is 100 cm³/mol. The Labute approximate surface area is 149 Å². The molecule has 0 bridgehead atoms. The zero-order chi connectivity index (χ0) is 17.1. The number of aromatic nitrogens is 4. The zero-order valence-corrected chi connectivity index (χ0v) is 14.0. The second-order valence-electron chi connectivity index (χ2n) is 5.55. The molecule has 4 rings (SSSR count). The highest BCUT2D eigenvalue weighted by molar-refractivity contribution is 6.29. The fourth-order valence-electron chi connectivity index (χ4n) is 2.58. The van der Waals surface area contributed by atoms with Crippen LogP contribution in [0.5, 0.6) is 0 Å². The van der Waals surface area contributed by atoms with Crippen LogP contribution < -0.4 is 10.6 Å². The molecule has 4 aromatic rings. The highest BCUT2D eigenvalue weighted by Gasteiger charge is 2.05. The van der Waals surface area contributed by atoms with Gasteiger partial charge in [0.1, 0.15) is 11.0 Å². The first kappa shape index (κ1) is 15.4. The van der Waals surface area contributed by atoms with Crippen LogP contribution in [0.3, 0.4) is 0 Å². The lowest BCUT2D eigenvalue weighted by Gasteiger charge is -2.10. The van der Waals surface area contributed by atoms with Crippen molar-refractivity contribution in [3.05, 3.63) is 71.9 Å². The molecule has 0 unspecified atom stereocenters. The molecule has 0 radical (unpaired) electrons. The first-order valence-electron chi connectivity index (χ1n) is 7.77. The van der Waals surface area contributed by atoms with Crippen molar-refractivity contribution in [2.45, 2.75) is 6.54 Å². The van der Waals surface area contributed by atoms with Gasteiger partial charge in [-0.05, 0) is 35.2 Å². The molecular weight excluding hydrogens is 336 g/mol. The van der Waals surface area contributed by atoms with E-state index in [9.17, 15) is 0 Å². The number of pyridine rings is 2. The quantitative estimate of drug-likeness (QED) is 0.466. The van der Waals surface area contributed by atoms with Gasteiger partial charge in [0, 0.05) is 24.3 Å². The van der Waals surface area contributed by atoms with Gasteiger partial charge in [-0.25, -0.2) is 9.97 Å². The van der Waals surface area contributed by atoms with Crippen molar-refractivity contribution in [1.82, 2.24) is 20.2 Å². The molecule has 1 aromatic carbocycles. The summed E-state index contributed by atoms with van der Waals surface area (Å²) >= 11 is 5.83. The molecule has 3 N–H and O–H groups in total. The third-order valence-corrected chi connectivity index (χ3v) is 4.04. The van der Waals surface area contributed by atoms with Gasteiger partial charge in [-0.3, -0.25) is 5.10 Å². The standard InChI is InChI=1S/C18H15ClN6/c19-17-4-2-14(9-22-17)25-18-16-3-1-12(7-13(16)5-6-20-18)8-21-15-10-23-24-11-15/h1-7,9-11,21H,8H2,(H,20,25)(H,23,24). The lowest BCUT2D eigenvalue weighted by atomic mass is 10.1. The molecule has 124 valence electrons. The van der Waals surface area contributed by atoms with E-state index in [0.29, 0.717) is 5.15 Å². The average molecular weight is 351 g/mol. The predicted octanol–water partition coefficient (Wildman–Crippen LogP) is 4.36. The third-order valence-electron chi connectivity index (χ3n) is 3.81. The van der Waals surface area contributed by atoms with Crippen LogP contribution in [-0.4, -0.2) is 20.2 Å².